The smallest absolute Gasteiger partial charge is 0.410 e. The molecule has 5 nitrogen and oxygen atoms in total. The van der Waals surface area contributed by atoms with Gasteiger partial charge < -0.3 is 14.5 Å². The van der Waals surface area contributed by atoms with Gasteiger partial charge in [-0.15, -0.1) is 0 Å². The molecule has 0 aromatic rings. The summed E-state index contributed by atoms with van der Waals surface area (Å²) in [5.41, 5.74) is -0.531. The third-order valence-electron chi connectivity index (χ3n) is 4.17. The van der Waals surface area contributed by atoms with Crippen molar-refractivity contribution in [2.24, 2.45) is 0 Å². The lowest BCUT2D eigenvalue weighted by Crippen LogP contribution is -2.58. The van der Waals surface area contributed by atoms with Gasteiger partial charge >= 0.3 is 6.09 Å². The average Bonchev–Trinajstić information content (AvgIpc) is 2.38. The van der Waals surface area contributed by atoms with Gasteiger partial charge in [0, 0.05) is 38.8 Å². The van der Waals surface area contributed by atoms with Crippen LogP contribution < -0.4 is 0 Å². The monoisotopic (exact) mass is 301 g/mol. The second-order valence-corrected chi connectivity index (χ2v) is 7.14. The van der Waals surface area contributed by atoms with Crippen LogP contribution in [0, 0.1) is 0 Å². The molecule has 2 rings (SSSR count). The van der Waals surface area contributed by atoms with Gasteiger partial charge in [0.2, 0.25) is 0 Å². The molecule has 2 saturated heterocycles. The molecule has 0 bridgehead atoms. The summed E-state index contributed by atoms with van der Waals surface area (Å²) < 4.78 is 19.8. The summed E-state index contributed by atoms with van der Waals surface area (Å²) in [7, 11) is 2.09. The highest BCUT2D eigenvalue weighted by Crippen LogP contribution is 2.22. The third-order valence-corrected chi connectivity index (χ3v) is 4.17. The van der Waals surface area contributed by atoms with Gasteiger partial charge in [0.25, 0.3) is 0 Å². The first-order valence-electron chi connectivity index (χ1n) is 7.81. The summed E-state index contributed by atoms with van der Waals surface area (Å²) in [4.78, 5) is 18.0. The molecular formula is C15H28FN3O2. The van der Waals surface area contributed by atoms with Gasteiger partial charge in [0.15, 0.2) is 0 Å². The van der Waals surface area contributed by atoms with E-state index in [9.17, 15) is 9.18 Å². The maximum atomic E-state index is 14.5. The number of carbonyl (C=O) groups excluding carboxylic acids is 1. The lowest BCUT2D eigenvalue weighted by atomic mass is 10.0. The average molecular weight is 301 g/mol. The standard InChI is InChI=1S/C15H28FN3O2/c1-15(2,3)21-14(20)19-6-5-13(12(16)11-19)18-9-7-17(4)8-10-18/h12-13H,5-11H2,1-4H3. The Bertz CT molecular complexity index is 364. The molecule has 0 aromatic carbocycles. The Balaban J connectivity index is 1.86. The quantitative estimate of drug-likeness (QED) is 0.737. The Hall–Kier alpha value is -0.880. The van der Waals surface area contributed by atoms with Crippen LogP contribution in [0.5, 0.6) is 0 Å². The minimum atomic E-state index is -0.991. The van der Waals surface area contributed by atoms with Crippen LogP contribution in [0.2, 0.25) is 0 Å². The molecule has 0 spiro atoms. The Morgan fingerprint density at radius 2 is 1.76 bits per heavy atom. The molecule has 2 unspecified atom stereocenters. The Labute approximate surface area is 127 Å². The number of rotatable bonds is 1. The molecule has 0 N–H and O–H groups in total. The molecule has 2 aliphatic heterocycles. The van der Waals surface area contributed by atoms with Gasteiger partial charge in [-0.25, -0.2) is 9.18 Å². The maximum absolute atomic E-state index is 14.5. The van der Waals surface area contributed by atoms with Crippen molar-refractivity contribution in [2.75, 3.05) is 46.3 Å². The molecule has 0 aromatic heterocycles. The number of hydrogen-bond donors (Lipinski definition) is 0. The van der Waals surface area contributed by atoms with E-state index < -0.39 is 17.9 Å². The zero-order chi connectivity index (χ0) is 15.6. The molecule has 6 heteroatoms. The van der Waals surface area contributed by atoms with E-state index in [0.29, 0.717) is 13.0 Å². The van der Waals surface area contributed by atoms with Gasteiger partial charge in [-0.2, -0.15) is 0 Å². The normalized spacial score (nSPS) is 29.5. The van der Waals surface area contributed by atoms with Gasteiger partial charge in [0.1, 0.15) is 11.8 Å². The van der Waals surface area contributed by atoms with E-state index in [4.69, 9.17) is 4.74 Å². The molecule has 2 fully saturated rings. The summed E-state index contributed by atoms with van der Waals surface area (Å²) in [6.45, 7) is 10.00. The van der Waals surface area contributed by atoms with Crippen molar-refractivity contribution in [2.45, 2.75) is 45.0 Å². The van der Waals surface area contributed by atoms with Crippen LogP contribution in [0.1, 0.15) is 27.2 Å². The molecule has 0 saturated carbocycles. The molecule has 21 heavy (non-hydrogen) atoms. The molecule has 2 atom stereocenters. The second kappa shape index (κ2) is 6.48. The van der Waals surface area contributed by atoms with Crippen LogP contribution >= 0.6 is 0 Å². The molecular weight excluding hydrogens is 273 g/mol. The maximum Gasteiger partial charge on any atom is 0.410 e. The van der Waals surface area contributed by atoms with E-state index in [-0.39, 0.29) is 12.6 Å². The van der Waals surface area contributed by atoms with E-state index in [1.807, 2.05) is 20.8 Å². The van der Waals surface area contributed by atoms with Crippen LogP contribution in [0.3, 0.4) is 0 Å². The second-order valence-electron chi connectivity index (χ2n) is 7.14. The highest BCUT2D eigenvalue weighted by Gasteiger charge is 2.37. The van der Waals surface area contributed by atoms with Crippen molar-refractivity contribution in [3.05, 3.63) is 0 Å². The predicted molar refractivity (Wildman–Crippen MR) is 80.2 cm³/mol. The first-order chi connectivity index (χ1) is 9.76. The van der Waals surface area contributed by atoms with Crippen LogP contribution in [-0.2, 0) is 4.74 Å². The van der Waals surface area contributed by atoms with Crippen molar-refractivity contribution >= 4 is 6.09 Å². The van der Waals surface area contributed by atoms with Crippen molar-refractivity contribution < 1.29 is 13.9 Å². The van der Waals surface area contributed by atoms with E-state index in [0.717, 1.165) is 26.2 Å². The number of ether oxygens (including phenoxy) is 1. The fourth-order valence-electron chi connectivity index (χ4n) is 2.95. The molecule has 0 radical (unpaired) electrons. The van der Waals surface area contributed by atoms with Crippen molar-refractivity contribution in [1.82, 2.24) is 14.7 Å². The first-order valence-corrected chi connectivity index (χ1v) is 7.81. The van der Waals surface area contributed by atoms with Gasteiger partial charge in [0.05, 0.1) is 6.54 Å². The molecule has 0 aliphatic carbocycles. The van der Waals surface area contributed by atoms with Crippen molar-refractivity contribution in [3.63, 3.8) is 0 Å². The summed E-state index contributed by atoms with van der Waals surface area (Å²) in [5, 5.41) is 0. The molecule has 122 valence electrons. The van der Waals surface area contributed by atoms with E-state index >= 15 is 0 Å². The van der Waals surface area contributed by atoms with Gasteiger partial charge in [-0.3, -0.25) is 4.90 Å². The highest BCUT2D eigenvalue weighted by atomic mass is 19.1. The number of carbonyl (C=O) groups is 1. The van der Waals surface area contributed by atoms with Gasteiger partial charge in [-0.05, 0) is 34.2 Å². The lowest BCUT2D eigenvalue weighted by Gasteiger charge is -2.43. The summed E-state index contributed by atoms with van der Waals surface area (Å²) >= 11 is 0. The van der Waals surface area contributed by atoms with E-state index in [2.05, 4.69) is 16.8 Å². The minimum absolute atomic E-state index is 0.0580. The number of halogens is 1. The summed E-state index contributed by atoms with van der Waals surface area (Å²) in [5.74, 6) is 0. The van der Waals surface area contributed by atoms with Crippen LogP contribution in [-0.4, -0.2) is 84.9 Å². The number of likely N-dealkylation sites (tertiary alicyclic amines) is 1. The molecule has 2 aliphatic rings. The van der Waals surface area contributed by atoms with E-state index in [1.165, 1.54) is 4.90 Å². The predicted octanol–water partition coefficient (Wildman–Crippen LogP) is 1.58. The number of alkyl halides is 1. The fourth-order valence-corrected chi connectivity index (χ4v) is 2.95. The summed E-state index contributed by atoms with van der Waals surface area (Å²) in [6.07, 6.45) is -0.707. The SMILES string of the molecule is CN1CCN(C2CCN(C(=O)OC(C)(C)C)CC2F)CC1. The minimum Gasteiger partial charge on any atom is -0.444 e. The Morgan fingerprint density at radius 1 is 1.14 bits per heavy atom. The number of likely N-dealkylation sites (N-methyl/N-ethyl adjacent to an activating group) is 1. The lowest BCUT2D eigenvalue weighted by molar-refractivity contribution is -0.0125. The van der Waals surface area contributed by atoms with Crippen molar-refractivity contribution in [3.8, 4) is 0 Å². The Morgan fingerprint density at radius 3 is 2.29 bits per heavy atom. The zero-order valence-electron chi connectivity index (χ0n) is 13.6. The van der Waals surface area contributed by atoms with Crippen LogP contribution in [0.15, 0.2) is 0 Å². The third kappa shape index (κ3) is 4.54. The first kappa shape index (κ1) is 16.5. The number of nitrogens with zero attached hydrogens (tertiary/aromatic N) is 3. The van der Waals surface area contributed by atoms with Crippen LogP contribution in [0.25, 0.3) is 0 Å². The number of piperidine rings is 1. The fraction of sp³-hybridized carbons (Fsp3) is 0.933. The zero-order valence-corrected chi connectivity index (χ0v) is 13.6. The summed E-state index contributed by atoms with van der Waals surface area (Å²) in [6, 6.07) is -0.0580. The topological polar surface area (TPSA) is 36.0 Å². The van der Waals surface area contributed by atoms with Crippen LogP contribution in [0.4, 0.5) is 9.18 Å². The highest BCUT2D eigenvalue weighted by molar-refractivity contribution is 5.68. The largest absolute Gasteiger partial charge is 0.444 e. The van der Waals surface area contributed by atoms with Crippen molar-refractivity contribution in [1.29, 1.82) is 0 Å². The van der Waals surface area contributed by atoms with Gasteiger partial charge in [-0.1, -0.05) is 0 Å². The number of hydrogen-bond acceptors (Lipinski definition) is 4. The Kier molecular flexibility index (Phi) is 5.09. The van der Waals surface area contributed by atoms with E-state index in [1.54, 1.807) is 0 Å². The molecule has 1 amide bonds. The molecule has 2 heterocycles. The number of amides is 1. The number of piperazine rings is 1.